The van der Waals surface area contributed by atoms with E-state index in [4.69, 9.17) is 5.84 Å². The highest BCUT2D eigenvalue weighted by Crippen LogP contribution is 2.25. The van der Waals surface area contributed by atoms with Crippen molar-refractivity contribution < 1.29 is 9.72 Å². The van der Waals surface area contributed by atoms with Crippen molar-refractivity contribution >= 4 is 17.3 Å². The first-order chi connectivity index (χ1) is 9.77. The van der Waals surface area contributed by atoms with Gasteiger partial charge in [-0.2, -0.15) is 0 Å². The van der Waals surface area contributed by atoms with E-state index in [0.717, 1.165) is 0 Å². The Morgan fingerprint density at radius 3 is 2.43 bits per heavy atom. The highest BCUT2D eigenvalue weighted by molar-refractivity contribution is 5.96. The van der Waals surface area contributed by atoms with Crippen molar-refractivity contribution in [1.82, 2.24) is 4.90 Å². The minimum absolute atomic E-state index is 0.0197. The monoisotopic (exact) mass is 294 g/mol. The number of benzene rings is 1. The number of nitro benzene ring substituents is 1. The average Bonchev–Trinajstić information content (AvgIpc) is 2.42. The number of anilines is 1. The molecule has 0 saturated heterocycles. The molecule has 1 aromatic rings. The number of nitrogens with zero attached hydrogens (tertiary/aromatic N) is 2. The summed E-state index contributed by atoms with van der Waals surface area (Å²) in [6.45, 7) is 8.48. The zero-order chi connectivity index (χ0) is 16.2. The third-order valence-electron chi connectivity index (χ3n) is 3.04. The predicted octanol–water partition coefficient (Wildman–Crippen LogP) is 2.39. The molecule has 0 aliphatic carbocycles. The molecular weight excluding hydrogens is 272 g/mol. The minimum Gasteiger partial charge on any atom is -0.336 e. The summed E-state index contributed by atoms with van der Waals surface area (Å²) in [5.41, 5.74) is 2.51. The lowest BCUT2D eigenvalue weighted by atomic mass is 10.1. The van der Waals surface area contributed by atoms with Crippen LogP contribution in [0.5, 0.6) is 0 Å². The molecule has 21 heavy (non-hydrogen) atoms. The van der Waals surface area contributed by atoms with Gasteiger partial charge in [-0.25, -0.2) is 0 Å². The van der Waals surface area contributed by atoms with Gasteiger partial charge in [0.15, 0.2) is 0 Å². The first-order valence-electron chi connectivity index (χ1n) is 6.84. The van der Waals surface area contributed by atoms with Crippen LogP contribution in [-0.2, 0) is 0 Å². The van der Waals surface area contributed by atoms with Crippen molar-refractivity contribution in [2.75, 3.05) is 12.0 Å². The summed E-state index contributed by atoms with van der Waals surface area (Å²) in [5.74, 6) is 5.34. The Morgan fingerprint density at radius 2 is 2.00 bits per heavy atom. The number of hydrazine groups is 1. The quantitative estimate of drug-likeness (QED) is 0.476. The third kappa shape index (κ3) is 4.16. The highest BCUT2D eigenvalue weighted by Gasteiger charge is 2.23. The van der Waals surface area contributed by atoms with Gasteiger partial charge in [0.25, 0.3) is 11.6 Å². The van der Waals surface area contributed by atoms with Crippen LogP contribution < -0.4 is 11.3 Å². The largest absolute Gasteiger partial charge is 0.336 e. The van der Waals surface area contributed by atoms with Crippen LogP contribution in [0.4, 0.5) is 11.4 Å². The molecule has 0 unspecified atom stereocenters. The molecule has 1 rings (SSSR count). The molecule has 0 spiro atoms. The molecule has 0 atom stereocenters. The Labute approximate surface area is 124 Å². The molecule has 0 saturated carbocycles. The molecule has 7 heteroatoms. The van der Waals surface area contributed by atoms with Crippen LogP contribution in [0.25, 0.3) is 0 Å². The van der Waals surface area contributed by atoms with Gasteiger partial charge in [0, 0.05) is 24.2 Å². The lowest BCUT2D eigenvalue weighted by Crippen LogP contribution is -2.39. The van der Waals surface area contributed by atoms with Gasteiger partial charge in [0.05, 0.1) is 4.92 Å². The van der Waals surface area contributed by atoms with E-state index in [-0.39, 0.29) is 28.9 Å². The molecule has 116 valence electrons. The summed E-state index contributed by atoms with van der Waals surface area (Å²) >= 11 is 0. The first-order valence-corrected chi connectivity index (χ1v) is 6.84. The number of nitro groups is 1. The topological polar surface area (TPSA) is 102 Å². The smallest absolute Gasteiger partial charge is 0.294 e. The molecule has 0 fully saturated rings. The summed E-state index contributed by atoms with van der Waals surface area (Å²) in [6, 6.07) is 4.26. The number of hydrogen-bond donors (Lipinski definition) is 2. The molecule has 7 nitrogen and oxygen atoms in total. The zero-order valence-corrected chi connectivity index (χ0v) is 12.8. The Kier molecular flexibility index (Phi) is 5.66. The van der Waals surface area contributed by atoms with E-state index in [1.165, 1.54) is 12.1 Å². The summed E-state index contributed by atoms with van der Waals surface area (Å²) in [4.78, 5) is 24.7. The van der Waals surface area contributed by atoms with E-state index in [1.807, 2.05) is 27.7 Å². The number of rotatable bonds is 6. The van der Waals surface area contributed by atoms with Crippen molar-refractivity contribution in [2.45, 2.75) is 33.7 Å². The van der Waals surface area contributed by atoms with Crippen LogP contribution in [0.2, 0.25) is 0 Å². The highest BCUT2D eigenvalue weighted by atomic mass is 16.6. The van der Waals surface area contributed by atoms with E-state index in [0.29, 0.717) is 12.5 Å². The van der Waals surface area contributed by atoms with Crippen molar-refractivity contribution in [3.63, 3.8) is 0 Å². The van der Waals surface area contributed by atoms with E-state index in [2.05, 4.69) is 5.43 Å². The standard InChI is InChI=1S/C14H22N4O3/c1-9(2)8-17(10(3)4)14(19)11-5-6-12(16-15)13(7-11)18(20)21/h5-7,9-10,16H,8,15H2,1-4H3. The second-order valence-corrected chi connectivity index (χ2v) is 5.58. The van der Waals surface area contributed by atoms with Gasteiger partial charge in [-0.05, 0) is 31.9 Å². The summed E-state index contributed by atoms with van der Waals surface area (Å²) in [7, 11) is 0. The van der Waals surface area contributed by atoms with Gasteiger partial charge in [-0.3, -0.25) is 20.8 Å². The SMILES string of the molecule is CC(C)CN(C(=O)c1ccc(NN)c([N+](=O)[O-])c1)C(C)C. The summed E-state index contributed by atoms with van der Waals surface area (Å²) in [6.07, 6.45) is 0. The van der Waals surface area contributed by atoms with Crippen LogP contribution in [0.15, 0.2) is 18.2 Å². The maximum absolute atomic E-state index is 12.5. The fourth-order valence-electron chi connectivity index (χ4n) is 2.03. The molecule has 0 aliphatic heterocycles. The van der Waals surface area contributed by atoms with Gasteiger partial charge in [-0.1, -0.05) is 13.8 Å². The number of hydrogen-bond acceptors (Lipinski definition) is 5. The zero-order valence-electron chi connectivity index (χ0n) is 12.8. The number of nitrogen functional groups attached to an aromatic ring is 1. The number of carbonyl (C=O) groups is 1. The van der Waals surface area contributed by atoms with Gasteiger partial charge in [0.2, 0.25) is 0 Å². The molecule has 1 amide bonds. The number of nitrogens with two attached hydrogens (primary N) is 1. The maximum atomic E-state index is 12.5. The van der Waals surface area contributed by atoms with Crippen molar-refractivity contribution in [1.29, 1.82) is 0 Å². The number of amides is 1. The predicted molar refractivity (Wildman–Crippen MR) is 81.9 cm³/mol. The molecule has 0 aromatic heterocycles. The summed E-state index contributed by atoms with van der Waals surface area (Å²) in [5, 5.41) is 11.0. The van der Waals surface area contributed by atoms with Crippen LogP contribution >= 0.6 is 0 Å². The maximum Gasteiger partial charge on any atom is 0.294 e. The lowest BCUT2D eigenvalue weighted by Gasteiger charge is -2.28. The van der Waals surface area contributed by atoms with Crippen LogP contribution in [0.3, 0.4) is 0 Å². The van der Waals surface area contributed by atoms with E-state index < -0.39 is 4.92 Å². The minimum atomic E-state index is -0.561. The molecule has 0 heterocycles. The van der Waals surface area contributed by atoms with E-state index in [9.17, 15) is 14.9 Å². The number of nitrogens with one attached hydrogen (secondary N) is 1. The van der Waals surface area contributed by atoms with Crippen molar-refractivity contribution in [2.24, 2.45) is 11.8 Å². The second kappa shape index (κ2) is 7.03. The Morgan fingerprint density at radius 1 is 1.38 bits per heavy atom. The van der Waals surface area contributed by atoms with Crippen molar-refractivity contribution in [3.05, 3.63) is 33.9 Å². The fraction of sp³-hybridized carbons (Fsp3) is 0.500. The molecule has 3 N–H and O–H groups in total. The fourth-order valence-corrected chi connectivity index (χ4v) is 2.03. The molecular formula is C14H22N4O3. The second-order valence-electron chi connectivity index (χ2n) is 5.58. The Balaban J connectivity index is 3.16. The molecule has 0 bridgehead atoms. The Hall–Kier alpha value is -2.15. The molecule has 1 aromatic carbocycles. The summed E-state index contributed by atoms with van der Waals surface area (Å²) < 4.78 is 0. The van der Waals surface area contributed by atoms with Gasteiger partial charge < -0.3 is 10.3 Å². The number of carbonyl (C=O) groups excluding carboxylic acids is 1. The van der Waals surface area contributed by atoms with Gasteiger partial charge >= 0.3 is 0 Å². The molecule has 0 aliphatic rings. The first kappa shape index (κ1) is 16.9. The van der Waals surface area contributed by atoms with Gasteiger partial charge in [0.1, 0.15) is 5.69 Å². The van der Waals surface area contributed by atoms with Crippen molar-refractivity contribution in [3.8, 4) is 0 Å². The average molecular weight is 294 g/mol. The third-order valence-corrected chi connectivity index (χ3v) is 3.04. The van der Waals surface area contributed by atoms with Gasteiger partial charge in [-0.15, -0.1) is 0 Å². The van der Waals surface area contributed by atoms with Crippen LogP contribution in [0.1, 0.15) is 38.1 Å². The van der Waals surface area contributed by atoms with Crippen LogP contribution in [0, 0.1) is 16.0 Å². The van der Waals surface area contributed by atoms with E-state index in [1.54, 1.807) is 11.0 Å². The Bertz CT molecular complexity index is 529. The normalized spacial score (nSPS) is 10.8. The van der Waals surface area contributed by atoms with Crippen LogP contribution in [-0.4, -0.2) is 28.3 Å². The lowest BCUT2D eigenvalue weighted by molar-refractivity contribution is -0.384. The van der Waals surface area contributed by atoms with E-state index >= 15 is 0 Å². The molecule has 0 radical (unpaired) electrons.